The normalized spacial score (nSPS) is 27.5. The monoisotopic (exact) mass is 321 g/mol. The van der Waals surface area contributed by atoms with Crippen molar-refractivity contribution in [3.05, 3.63) is 12.2 Å². The molecule has 4 unspecified atom stereocenters. The highest BCUT2D eigenvalue weighted by molar-refractivity contribution is 5.25. The van der Waals surface area contributed by atoms with Crippen molar-refractivity contribution < 1.29 is 0 Å². The summed E-state index contributed by atoms with van der Waals surface area (Å²) in [5, 5.41) is 0. The van der Waals surface area contributed by atoms with Crippen molar-refractivity contribution in [2.75, 3.05) is 0 Å². The zero-order chi connectivity index (χ0) is 17.5. The van der Waals surface area contributed by atoms with E-state index in [4.69, 9.17) is 5.73 Å². The van der Waals surface area contributed by atoms with Gasteiger partial charge in [-0.15, -0.1) is 0 Å². The summed E-state index contributed by atoms with van der Waals surface area (Å²) in [5.74, 6) is 1.46. The van der Waals surface area contributed by atoms with Crippen molar-refractivity contribution in [3.63, 3.8) is 0 Å². The van der Waals surface area contributed by atoms with Gasteiger partial charge in [0.15, 0.2) is 0 Å². The highest BCUT2D eigenvalue weighted by atomic mass is 14.8. The molecule has 136 valence electrons. The van der Waals surface area contributed by atoms with E-state index in [0.717, 1.165) is 12.3 Å². The fourth-order valence-corrected chi connectivity index (χ4v) is 4.14. The Labute approximate surface area is 146 Å². The molecule has 0 saturated heterocycles. The van der Waals surface area contributed by atoms with E-state index in [1.54, 1.807) is 0 Å². The first-order valence-corrected chi connectivity index (χ1v) is 10.3. The first-order valence-electron chi connectivity index (χ1n) is 10.3. The quantitative estimate of drug-likeness (QED) is 0.291. The molecular weight excluding hydrogens is 278 g/mol. The molecule has 23 heavy (non-hydrogen) atoms. The molecule has 1 saturated carbocycles. The molecule has 1 fully saturated rings. The Morgan fingerprint density at radius 2 is 1.87 bits per heavy atom. The number of unbranched alkanes of at least 4 members (excludes halogenated alkanes) is 4. The molecule has 1 rings (SSSR count). The Morgan fingerprint density at radius 1 is 1.22 bits per heavy atom. The van der Waals surface area contributed by atoms with E-state index < -0.39 is 0 Å². The lowest BCUT2D eigenvalue weighted by atomic mass is 9.78. The van der Waals surface area contributed by atoms with E-state index in [2.05, 4.69) is 41.2 Å². The second-order valence-electron chi connectivity index (χ2n) is 8.58. The van der Waals surface area contributed by atoms with Crippen LogP contribution in [-0.4, -0.2) is 5.54 Å². The van der Waals surface area contributed by atoms with E-state index in [1.807, 2.05) is 0 Å². The predicted octanol–water partition coefficient (Wildman–Crippen LogP) is 6.86. The van der Waals surface area contributed by atoms with Gasteiger partial charge in [0.2, 0.25) is 0 Å². The second-order valence-corrected chi connectivity index (χ2v) is 8.58. The fraction of sp³-hybridized carbons (Fsp3) is 0.909. The maximum absolute atomic E-state index is 6.87. The number of rotatable bonds is 13. The first-order chi connectivity index (χ1) is 10.8. The summed E-state index contributed by atoms with van der Waals surface area (Å²) in [4.78, 5) is 0. The predicted molar refractivity (Wildman–Crippen MR) is 105 cm³/mol. The lowest BCUT2D eigenvalue weighted by Gasteiger charge is -2.32. The molecule has 1 aliphatic rings. The molecule has 0 aromatic carbocycles. The Balaban J connectivity index is 2.47. The van der Waals surface area contributed by atoms with Crippen LogP contribution in [0.4, 0.5) is 0 Å². The highest BCUT2D eigenvalue weighted by Gasteiger charge is 2.59. The molecule has 2 N–H and O–H groups in total. The summed E-state index contributed by atoms with van der Waals surface area (Å²) >= 11 is 0. The Hall–Kier alpha value is -0.300. The van der Waals surface area contributed by atoms with Gasteiger partial charge in [0.25, 0.3) is 0 Å². The molecule has 0 radical (unpaired) electrons. The number of hydrogen-bond donors (Lipinski definition) is 1. The van der Waals surface area contributed by atoms with Crippen LogP contribution < -0.4 is 5.73 Å². The Bertz CT molecular complexity index is 361. The van der Waals surface area contributed by atoms with E-state index in [9.17, 15) is 0 Å². The van der Waals surface area contributed by atoms with E-state index in [0.29, 0.717) is 11.3 Å². The average Bonchev–Trinajstić information content (AvgIpc) is 3.26. The lowest BCUT2D eigenvalue weighted by molar-refractivity contribution is 0.271. The van der Waals surface area contributed by atoms with Gasteiger partial charge in [-0.25, -0.2) is 0 Å². The van der Waals surface area contributed by atoms with Crippen LogP contribution >= 0.6 is 0 Å². The van der Waals surface area contributed by atoms with Crippen molar-refractivity contribution in [3.8, 4) is 0 Å². The zero-order valence-electron chi connectivity index (χ0n) is 16.7. The summed E-state index contributed by atoms with van der Waals surface area (Å²) in [6.07, 6.45) is 14.1. The van der Waals surface area contributed by atoms with Gasteiger partial charge < -0.3 is 5.73 Å². The van der Waals surface area contributed by atoms with E-state index in [-0.39, 0.29) is 5.54 Å². The van der Waals surface area contributed by atoms with Crippen LogP contribution in [0.3, 0.4) is 0 Å². The van der Waals surface area contributed by atoms with Crippen molar-refractivity contribution >= 4 is 0 Å². The summed E-state index contributed by atoms with van der Waals surface area (Å²) in [6, 6.07) is 0. The molecule has 4 atom stereocenters. The summed E-state index contributed by atoms with van der Waals surface area (Å²) in [6.45, 7) is 16.1. The zero-order valence-corrected chi connectivity index (χ0v) is 16.7. The minimum atomic E-state index is 0.0311. The Kier molecular flexibility index (Phi) is 8.35. The maximum atomic E-state index is 6.87. The second kappa shape index (κ2) is 9.25. The maximum Gasteiger partial charge on any atom is 0.0189 e. The Morgan fingerprint density at radius 3 is 2.43 bits per heavy atom. The fourth-order valence-electron chi connectivity index (χ4n) is 4.14. The van der Waals surface area contributed by atoms with Crippen molar-refractivity contribution in [2.24, 2.45) is 23.0 Å². The van der Waals surface area contributed by atoms with Gasteiger partial charge in [-0.1, -0.05) is 78.9 Å². The third kappa shape index (κ3) is 5.62. The molecule has 0 aromatic heterocycles. The van der Waals surface area contributed by atoms with Gasteiger partial charge in [-0.3, -0.25) is 0 Å². The van der Waals surface area contributed by atoms with Gasteiger partial charge in [0.1, 0.15) is 0 Å². The molecule has 1 nitrogen and oxygen atoms in total. The third-order valence-electron chi connectivity index (χ3n) is 6.78. The molecule has 0 heterocycles. The molecular formula is C22H43N. The third-order valence-corrected chi connectivity index (χ3v) is 6.78. The molecule has 0 aliphatic heterocycles. The summed E-state index contributed by atoms with van der Waals surface area (Å²) in [7, 11) is 0. The smallest absolute Gasteiger partial charge is 0.0189 e. The molecule has 0 aromatic rings. The van der Waals surface area contributed by atoms with Crippen molar-refractivity contribution in [2.45, 2.75) is 111 Å². The van der Waals surface area contributed by atoms with Crippen LogP contribution in [0.2, 0.25) is 0 Å². The van der Waals surface area contributed by atoms with Crippen molar-refractivity contribution in [1.29, 1.82) is 0 Å². The summed E-state index contributed by atoms with van der Waals surface area (Å²) < 4.78 is 0. The highest BCUT2D eigenvalue weighted by Crippen LogP contribution is 2.63. The van der Waals surface area contributed by atoms with Crippen LogP contribution in [0.15, 0.2) is 12.2 Å². The summed E-state index contributed by atoms with van der Waals surface area (Å²) in [5.41, 5.74) is 8.71. The van der Waals surface area contributed by atoms with Crippen LogP contribution in [0.25, 0.3) is 0 Å². The van der Waals surface area contributed by atoms with Crippen LogP contribution in [0.5, 0.6) is 0 Å². The topological polar surface area (TPSA) is 26.0 Å². The molecule has 1 heteroatoms. The van der Waals surface area contributed by atoms with Crippen LogP contribution in [0, 0.1) is 17.3 Å². The minimum absolute atomic E-state index is 0.0311. The van der Waals surface area contributed by atoms with Gasteiger partial charge in [-0.05, 0) is 55.8 Å². The van der Waals surface area contributed by atoms with Gasteiger partial charge >= 0.3 is 0 Å². The number of allylic oxidation sites excluding steroid dienone is 1. The van der Waals surface area contributed by atoms with Gasteiger partial charge in [0.05, 0.1) is 0 Å². The average molecular weight is 322 g/mol. The van der Waals surface area contributed by atoms with E-state index >= 15 is 0 Å². The van der Waals surface area contributed by atoms with Crippen LogP contribution in [0.1, 0.15) is 105 Å². The van der Waals surface area contributed by atoms with E-state index in [1.165, 1.54) is 69.8 Å². The minimum Gasteiger partial charge on any atom is -0.325 e. The molecule has 0 bridgehead atoms. The largest absolute Gasteiger partial charge is 0.325 e. The lowest BCUT2D eigenvalue weighted by Crippen LogP contribution is -2.43. The number of nitrogens with two attached hydrogens (primary N) is 1. The van der Waals surface area contributed by atoms with Gasteiger partial charge in [0, 0.05) is 5.54 Å². The molecule has 0 spiro atoms. The molecule has 1 aliphatic carbocycles. The first kappa shape index (κ1) is 20.7. The van der Waals surface area contributed by atoms with Crippen LogP contribution in [-0.2, 0) is 0 Å². The van der Waals surface area contributed by atoms with Crippen molar-refractivity contribution in [1.82, 2.24) is 0 Å². The SMILES string of the molecule is C=C(CCCCCCC)C1(C)CC1C(N)(CC)CCC(C)CC. The number of hydrogen-bond acceptors (Lipinski definition) is 1. The standard InChI is InChI=1S/C22H43N/c1-7-10-11-12-13-14-19(5)21(6)17-20(21)22(23,9-3)16-15-18(4)8-2/h18,20H,5,7-17,23H2,1-4,6H3. The van der Waals surface area contributed by atoms with Gasteiger partial charge in [-0.2, -0.15) is 0 Å². The molecule has 0 amide bonds.